The second-order valence-corrected chi connectivity index (χ2v) is 9.97. The molecule has 1 fully saturated rings. The number of sulfonamides is 1. The number of aliphatic hydroxyl groups excluding tert-OH is 1. The molecule has 2 aromatic rings. The van der Waals surface area contributed by atoms with E-state index in [1.165, 1.54) is 16.9 Å². The predicted molar refractivity (Wildman–Crippen MR) is 116 cm³/mol. The van der Waals surface area contributed by atoms with Crippen LogP contribution in [0, 0.1) is 0 Å². The van der Waals surface area contributed by atoms with Gasteiger partial charge in [0.1, 0.15) is 18.5 Å². The molecule has 1 saturated carbocycles. The lowest BCUT2D eigenvalue weighted by Gasteiger charge is -2.37. The summed E-state index contributed by atoms with van der Waals surface area (Å²) in [4.78, 5) is 0. The zero-order valence-corrected chi connectivity index (χ0v) is 18.2. The lowest BCUT2D eigenvalue weighted by atomic mass is 9.76. The van der Waals surface area contributed by atoms with E-state index < -0.39 is 16.1 Å². The molecule has 1 aliphatic carbocycles. The van der Waals surface area contributed by atoms with E-state index in [4.69, 9.17) is 16.3 Å². The highest BCUT2D eigenvalue weighted by molar-refractivity contribution is 7.92. The number of benzene rings is 2. The third-order valence-electron chi connectivity index (χ3n) is 5.24. The molecular formula is C21H27ClN2O4S. The Labute approximate surface area is 177 Å². The number of nitrogens with one attached hydrogen (secondary N) is 1. The minimum atomic E-state index is -3.29. The molecule has 29 heavy (non-hydrogen) atoms. The van der Waals surface area contributed by atoms with Crippen LogP contribution in [0.1, 0.15) is 24.3 Å². The smallest absolute Gasteiger partial charge is 0.231 e. The van der Waals surface area contributed by atoms with Gasteiger partial charge in [0, 0.05) is 24.7 Å². The van der Waals surface area contributed by atoms with Crippen LogP contribution in [-0.2, 0) is 10.0 Å². The molecule has 3 rings (SSSR count). The van der Waals surface area contributed by atoms with Crippen molar-refractivity contribution in [2.45, 2.75) is 30.9 Å². The van der Waals surface area contributed by atoms with Crippen molar-refractivity contribution < 1.29 is 18.3 Å². The topological polar surface area (TPSA) is 78.9 Å². The number of anilines is 1. The Balaban J connectivity index is 1.37. The largest absolute Gasteiger partial charge is 0.491 e. The van der Waals surface area contributed by atoms with E-state index in [1.54, 1.807) is 24.3 Å². The highest BCUT2D eigenvalue weighted by atomic mass is 35.5. The Kier molecular flexibility index (Phi) is 7.05. The second kappa shape index (κ2) is 9.34. The van der Waals surface area contributed by atoms with Crippen LogP contribution in [0.5, 0.6) is 5.75 Å². The van der Waals surface area contributed by atoms with Gasteiger partial charge in [0.2, 0.25) is 10.0 Å². The molecule has 0 bridgehead atoms. The van der Waals surface area contributed by atoms with E-state index in [-0.39, 0.29) is 6.61 Å². The second-order valence-electron chi connectivity index (χ2n) is 7.52. The lowest BCUT2D eigenvalue weighted by molar-refractivity contribution is 0.0981. The molecule has 0 heterocycles. The molecule has 0 aliphatic heterocycles. The Hall–Kier alpha value is -1.80. The SMILES string of the molecule is CN(c1ccc(OCC(O)CNC2CC(c3cccc(Cl)c3)C2)cc1)S(C)(=O)=O. The van der Waals surface area contributed by atoms with Gasteiger partial charge in [0.25, 0.3) is 0 Å². The van der Waals surface area contributed by atoms with E-state index in [9.17, 15) is 13.5 Å². The molecule has 0 spiro atoms. The first-order valence-electron chi connectivity index (χ1n) is 9.56. The molecular weight excluding hydrogens is 412 g/mol. The summed E-state index contributed by atoms with van der Waals surface area (Å²) in [6.07, 6.45) is 2.59. The first-order chi connectivity index (χ1) is 13.7. The standard InChI is InChI=1S/C21H27ClN2O4S/c1-24(29(2,26)27)19-6-8-21(9-7-19)28-14-20(25)13-23-18-11-16(12-18)15-4-3-5-17(22)10-15/h3-10,16,18,20,23,25H,11-14H2,1-2H3. The molecule has 1 atom stereocenters. The van der Waals surface area contributed by atoms with Crippen molar-refractivity contribution in [3.05, 3.63) is 59.1 Å². The number of halogens is 1. The van der Waals surface area contributed by atoms with E-state index in [0.29, 0.717) is 29.9 Å². The molecule has 8 heteroatoms. The maximum absolute atomic E-state index is 11.6. The summed E-state index contributed by atoms with van der Waals surface area (Å²) in [5.41, 5.74) is 1.82. The first kappa shape index (κ1) is 21.9. The Morgan fingerprint density at radius 2 is 1.93 bits per heavy atom. The van der Waals surface area contributed by atoms with Crippen LogP contribution >= 0.6 is 11.6 Å². The number of nitrogens with zero attached hydrogens (tertiary/aromatic N) is 1. The third kappa shape index (κ3) is 6.09. The number of rotatable bonds is 9. The van der Waals surface area contributed by atoms with Crippen LogP contribution in [0.2, 0.25) is 5.02 Å². The number of hydrogen-bond acceptors (Lipinski definition) is 5. The number of ether oxygens (including phenoxy) is 1. The van der Waals surface area contributed by atoms with Crippen LogP contribution in [0.25, 0.3) is 0 Å². The Morgan fingerprint density at radius 1 is 1.24 bits per heavy atom. The Morgan fingerprint density at radius 3 is 2.55 bits per heavy atom. The summed E-state index contributed by atoms with van der Waals surface area (Å²) in [6, 6.07) is 15.1. The van der Waals surface area contributed by atoms with Crippen LogP contribution < -0.4 is 14.4 Å². The number of aliphatic hydroxyl groups is 1. The maximum Gasteiger partial charge on any atom is 0.231 e. The molecule has 2 aromatic carbocycles. The normalized spacial score (nSPS) is 20.0. The first-order valence-corrected chi connectivity index (χ1v) is 11.8. The van der Waals surface area contributed by atoms with Gasteiger partial charge >= 0.3 is 0 Å². The summed E-state index contributed by atoms with van der Waals surface area (Å²) in [5, 5.41) is 14.3. The molecule has 0 saturated heterocycles. The molecule has 1 aliphatic rings. The van der Waals surface area contributed by atoms with E-state index >= 15 is 0 Å². The zero-order valence-electron chi connectivity index (χ0n) is 16.6. The quantitative estimate of drug-likeness (QED) is 0.629. The van der Waals surface area contributed by atoms with Gasteiger partial charge in [0.15, 0.2) is 0 Å². The minimum absolute atomic E-state index is 0.165. The van der Waals surface area contributed by atoms with Crippen LogP contribution in [0.15, 0.2) is 48.5 Å². The highest BCUT2D eigenvalue weighted by Crippen LogP contribution is 2.37. The van der Waals surface area contributed by atoms with Gasteiger partial charge in [-0.3, -0.25) is 4.31 Å². The molecule has 158 valence electrons. The van der Waals surface area contributed by atoms with Crippen molar-refractivity contribution in [3.63, 3.8) is 0 Å². The molecule has 0 amide bonds. The van der Waals surface area contributed by atoms with Crippen molar-refractivity contribution in [2.24, 2.45) is 0 Å². The molecule has 2 N–H and O–H groups in total. The van der Waals surface area contributed by atoms with E-state index in [0.717, 1.165) is 24.1 Å². The van der Waals surface area contributed by atoms with Crippen LogP contribution in [-0.4, -0.2) is 52.1 Å². The van der Waals surface area contributed by atoms with E-state index in [1.807, 2.05) is 18.2 Å². The fourth-order valence-electron chi connectivity index (χ4n) is 3.32. The van der Waals surface area contributed by atoms with Gasteiger partial charge in [-0.2, -0.15) is 0 Å². The van der Waals surface area contributed by atoms with Gasteiger partial charge in [0.05, 0.1) is 11.9 Å². The van der Waals surface area contributed by atoms with Gasteiger partial charge in [-0.25, -0.2) is 8.42 Å². The van der Waals surface area contributed by atoms with Crippen LogP contribution in [0.3, 0.4) is 0 Å². The molecule has 6 nitrogen and oxygen atoms in total. The van der Waals surface area contributed by atoms with Crippen molar-refractivity contribution in [1.29, 1.82) is 0 Å². The van der Waals surface area contributed by atoms with Gasteiger partial charge < -0.3 is 15.2 Å². The van der Waals surface area contributed by atoms with Crippen LogP contribution in [0.4, 0.5) is 5.69 Å². The predicted octanol–water partition coefficient (Wildman–Crippen LogP) is 3.01. The lowest BCUT2D eigenvalue weighted by Crippen LogP contribution is -2.44. The fourth-order valence-corrected chi connectivity index (χ4v) is 4.02. The summed E-state index contributed by atoms with van der Waals surface area (Å²) in [7, 11) is -1.80. The van der Waals surface area contributed by atoms with Crippen molar-refractivity contribution in [3.8, 4) is 5.75 Å². The maximum atomic E-state index is 11.6. The van der Waals surface area contributed by atoms with Crippen molar-refractivity contribution >= 4 is 27.3 Å². The average Bonchev–Trinajstić information content (AvgIpc) is 2.64. The summed E-state index contributed by atoms with van der Waals surface area (Å²) < 4.78 is 29.9. The molecule has 0 aromatic heterocycles. The fraction of sp³-hybridized carbons (Fsp3) is 0.429. The summed E-state index contributed by atoms with van der Waals surface area (Å²) in [6.45, 7) is 0.626. The van der Waals surface area contributed by atoms with Gasteiger partial charge in [-0.15, -0.1) is 0 Å². The van der Waals surface area contributed by atoms with Crippen molar-refractivity contribution in [1.82, 2.24) is 5.32 Å². The monoisotopic (exact) mass is 438 g/mol. The highest BCUT2D eigenvalue weighted by Gasteiger charge is 2.30. The van der Waals surface area contributed by atoms with Crippen molar-refractivity contribution in [2.75, 3.05) is 30.8 Å². The minimum Gasteiger partial charge on any atom is -0.491 e. The number of hydrogen-bond donors (Lipinski definition) is 2. The zero-order chi connectivity index (χ0) is 21.0. The van der Waals surface area contributed by atoms with E-state index in [2.05, 4.69) is 11.4 Å². The Bertz CT molecular complexity index is 915. The third-order valence-corrected chi connectivity index (χ3v) is 6.68. The average molecular weight is 439 g/mol. The summed E-state index contributed by atoms with van der Waals surface area (Å²) in [5.74, 6) is 1.10. The van der Waals surface area contributed by atoms with Gasteiger partial charge in [-0.1, -0.05) is 23.7 Å². The molecule has 1 unspecified atom stereocenters. The summed E-state index contributed by atoms with van der Waals surface area (Å²) >= 11 is 6.05. The van der Waals surface area contributed by atoms with Gasteiger partial charge in [-0.05, 0) is 60.7 Å². The molecule has 0 radical (unpaired) electrons.